The number of hydrogen-bond donors (Lipinski definition) is 1. The van der Waals surface area contributed by atoms with Gasteiger partial charge in [-0.1, -0.05) is 42.5 Å². The minimum absolute atomic E-state index is 0.0106. The molecule has 0 aliphatic carbocycles. The van der Waals surface area contributed by atoms with Crippen LogP contribution >= 0.6 is 0 Å². The van der Waals surface area contributed by atoms with Crippen molar-refractivity contribution in [3.8, 4) is 5.75 Å². The van der Waals surface area contributed by atoms with Gasteiger partial charge in [-0.15, -0.1) is 0 Å². The molecule has 2 aromatic carbocycles. The van der Waals surface area contributed by atoms with E-state index in [4.69, 9.17) is 4.74 Å². The van der Waals surface area contributed by atoms with Gasteiger partial charge in [0.15, 0.2) is 0 Å². The maximum Gasteiger partial charge on any atom is 0.226 e. The Morgan fingerprint density at radius 3 is 2.50 bits per heavy atom. The number of anilines is 1. The molecule has 4 rings (SSSR count). The van der Waals surface area contributed by atoms with Gasteiger partial charge in [-0.3, -0.25) is 0 Å². The number of methoxy groups -OCH3 is 1. The van der Waals surface area contributed by atoms with Gasteiger partial charge in [0.05, 0.1) is 7.11 Å². The summed E-state index contributed by atoms with van der Waals surface area (Å²) in [6.45, 7) is 1.90. The first-order valence-corrected chi connectivity index (χ1v) is 7.86. The van der Waals surface area contributed by atoms with Crippen LogP contribution in [0, 0.1) is 6.92 Å². The van der Waals surface area contributed by atoms with Crippen LogP contribution in [0.25, 0.3) is 5.70 Å². The van der Waals surface area contributed by atoms with Crippen molar-refractivity contribution in [3.63, 3.8) is 0 Å². The maximum absolute atomic E-state index is 5.26. The lowest BCUT2D eigenvalue weighted by Gasteiger charge is -2.24. The molecule has 1 aromatic heterocycles. The number of rotatable bonds is 3. The maximum atomic E-state index is 5.26. The largest absolute Gasteiger partial charge is 0.497 e. The van der Waals surface area contributed by atoms with Gasteiger partial charge in [0.1, 0.15) is 17.6 Å². The highest BCUT2D eigenvalue weighted by Crippen LogP contribution is 2.32. The Morgan fingerprint density at radius 1 is 1.04 bits per heavy atom. The second kappa shape index (κ2) is 5.85. The van der Waals surface area contributed by atoms with Gasteiger partial charge in [0.25, 0.3) is 0 Å². The van der Waals surface area contributed by atoms with E-state index in [2.05, 4.69) is 45.7 Å². The summed E-state index contributed by atoms with van der Waals surface area (Å²) in [4.78, 5) is 4.51. The van der Waals surface area contributed by atoms with Crippen LogP contribution in [0.2, 0.25) is 0 Å². The molecule has 1 aliphatic heterocycles. The molecule has 0 saturated carbocycles. The number of nitrogens with one attached hydrogen (secondary N) is 1. The van der Waals surface area contributed by atoms with E-state index in [1.54, 1.807) is 7.11 Å². The van der Waals surface area contributed by atoms with Gasteiger partial charge in [-0.25, -0.2) is 4.68 Å². The van der Waals surface area contributed by atoms with Crippen LogP contribution in [-0.2, 0) is 0 Å². The van der Waals surface area contributed by atoms with Crippen molar-refractivity contribution >= 4 is 11.6 Å². The molecule has 5 heteroatoms. The lowest BCUT2D eigenvalue weighted by Crippen LogP contribution is -2.20. The second-order valence-electron chi connectivity index (χ2n) is 5.72. The monoisotopic (exact) mass is 318 g/mol. The summed E-state index contributed by atoms with van der Waals surface area (Å²) in [7, 11) is 1.67. The fraction of sp³-hybridized carbons (Fsp3) is 0.158. The van der Waals surface area contributed by atoms with Crippen LogP contribution in [-0.4, -0.2) is 21.9 Å². The van der Waals surface area contributed by atoms with Crippen molar-refractivity contribution in [2.75, 3.05) is 12.4 Å². The molecule has 0 unspecified atom stereocenters. The molecule has 2 heterocycles. The van der Waals surface area contributed by atoms with E-state index in [-0.39, 0.29) is 6.04 Å². The van der Waals surface area contributed by atoms with Crippen molar-refractivity contribution in [1.29, 1.82) is 0 Å². The third-order valence-electron chi connectivity index (χ3n) is 4.11. The van der Waals surface area contributed by atoms with Gasteiger partial charge in [0, 0.05) is 5.70 Å². The van der Waals surface area contributed by atoms with Crippen LogP contribution in [0.5, 0.6) is 5.75 Å². The SMILES string of the molecule is COc1ccc([C@H]2C=C(c3ccccc3)Nc3nc(C)nn32)cc1. The lowest BCUT2D eigenvalue weighted by molar-refractivity contribution is 0.414. The Morgan fingerprint density at radius 2 is 1.79 bits per heavy atom. The fourth-order valence-electron chi connectivity index (χ4n) is 2.92. The number of nitrogens with zero attached hydrogens (tertiary/aromatic N) is 3. The zero-order valence-corrected chi connectivity index (χ0v) is 13.6. The summed E-state index contributed by atoms with van der Waals surface area (Å²) in [5.74, 6) is 2.35. The third-order valence-corrected chi connectivity index (χ3v) is 4.11. The van der Waals surface area contributed by atoms with E-state index in [1.807, 2.05) is 41.9 Å². The van der Waals surface area contributed by atoms with E-state index in [0.29, 0.717) is 0 Å². The number of aryl methyl sites for hydroxylation is 1. The lowest BCUT2D eigenvalue weighted by atomic mass is 10.0. The molecule has 24 heavy (non-hydrogen) atoms. The molecule has 0 radical (unpaired) electrons. The van der Waals surface area contributed by atoms with Crippen molar-refractivity contribution in [1.82, 2.24) is 14.8 Å². The quantitative estimate of drug-likeness (QED) is 0.801. The Hall–Kier alpha value is -3.08. The summed E-state index contributed by atoms with van der Waals surface area (Å²) in [6.07, 6.45) is 2.18. The number of allylic oxidation sites excluding steroid dienone is 1. The molecule has 0 spiro atoms. The molecule has 0 bridgehead atoms. The molecular weight excluding hydrogens is 300 g/mol. The average Bonchev–Trinajstić information content (AvgIpc) is 3.02. The fourth-order valence-corrected chi connectivity index (χ4v) is 2.92. The van der Waals surface area contributed by atoms with Crippen LogP contribution in [0.15, 0.2) is 60.7 Å². The molecule has 1 N–H and O–H groups in total. The Bertz CT molecular complexity index is 881. The second-order valence-corrected chi connectivity index (χ2v) is 5.72. The smallest absolute Gasteiger partial charge is 0.226 e. The van der Waals surface area contributed by atoms with E-state index in [1.165, 1.54) is 0 Å². The van der Waals surface area contributed by atoms with Gasteiger partial charge in [-0.2, -0.15) is 10.1 Å². The summed E-state index contributed by atoms with van der Waals surface area (Å²) in [5.41, 5.74) is 3.30. The molecule has 3 aromatic rings. The van der Waals surface area contributed by atoms with Crippen LogP contribution in [0.1, 0.15) is 23.0 Å². The highest BCUT2D eigenvalue weighted by Gasteiger charge is 2.24. The Labute approximate surface area is 140 Å². The van der Waals surface area contributed by atoms with E-state index < -0.39 is 0 Å². The molecule has 5 nitrogen and oxygen atoms in total. The first kappa shape index (κ1) is 14.5. The van der Waals surface area contributed by atoms with Crippen LogP contribution < -0.4 is 10.1 Å². The third kappa shape index (κ3) is 2.54. The first-order chi connectivity index (χ1) is 11.7. The van der Waals surface area contributed by atoms with E-state index in [9.17, 15) is 0 Å². The minimum Gasteiger partial charge on any atom is -0.497 e. The molecule has 0 saturated heterocycles. The number of benzene rings is 2. The van der Waals surface area contributed by atoms with Crippen molar-refractivity contribution < 1.29 is 4.74 Å². The summed E-state index contributed by atoms with van der Waals surface area (Å²) >= 11 is 0. The predicted octanol–water partition coefficient (Wildman–Crippen LogP) is 3.65. The van der Waals surface area contributed by atoms with Gasteiger partial charge < -0.3 is 10.1 Å². The van der Waals surface area contributed by atoms with Crippen molar-refractivity contribution in [2.24, 2.45) is 0 Å². The topological polar surface area (TPSA) is 52.0 Å². The molecule has 120 valence electrons. The molecule has 1 aliphatic rings. The summed E-state index contributed by atoms with van der Waals surface area (Å²) < 4.78 is 7.18. The van der Waals surface area contributed by atoms with Gasteiger partial charge >= 0.3 is 0 Å². The van der Waals surface area contributed by atoms with E-state index >= 15 is 0 Å². The average molecular weight is 318 g/mol. The standard InChI is InChI=1S/C19H18N4O/c1-13-20-19-21-17(14-6-4-3-5-7-14)12-18(23(19)22-13)15-8-10-16(24-2)11-9-15/h3-12,18H,1-2H3,(H,20,21,22)/t18-/m1/s1. The zero-order valence-electron chi connectivity index (χ0n) is 13.6. The highest BCUT2D eigenvalue weighted by molar-refractivity contribution is 5.77. The van der Waals surface area contributed by atoms with Crippen LogP contribution in [0.4, 0.5) is 5.95 Å². The Kier molecular flexibility index (Phi) is 3.54. The van der Waals surface area contributed by atoms with Crippen molar-refractivity contribution in [2.45, 2.75) is 13.0 Å². The number of ether oxygens (including phenoxy) is 1. The molecule has 0 fully saturated rings. The molecule has 1 atom stereocenters. The predicted molar refractivity (Wildman–Crippen MR) is 93.9 cm³/mol. The van der Waals surface area contributed by atoms with Gasteiger partial charge in [0.2, 0.25) is 5.95 Å². The normalized spacial score (nSPS) is 16.1. The first-order valence-electron chi connectivity index (χ1n) is 7.86. The molecule has 0 amide bonds. The van der Waals surface area contributed by atoms with Gasteiger partial charge in [-0.05, 0) is 36.3 Å². The number of aromatic nitrogens is 3. The minimum atomic E-state index is -0.0106. The Balaban J connectivity index is 1.80. The zero-order chi connectivity index (χ0) is 16.5. The highest BCUT2D eigenvalue weighted by atomic mass is 16.5. The van der Waals surface area contributed by atoms with Crippen LogP contribution in [0.3, 0.4) is 0 Å². The number of hydrogen-bond acceptors (Lipinski definition) is 4. The molecular formula is C19H18N4O. The van der Waals surface area contributed by atoms with Crippen molar-refractivity contribution in [3.05, 3.63) is 77.6 Å². The van der Waals surface area contributed by atoms with E-state index in [0.717, 1.165) is 34.3 Å². The summed E-state index contributed by atoms with van der Waals surface area (Å²) in [5, 5.41) is 7.93. The summed E-state index contributed by atoms with van der Waals surface area (Å²) in [6, 6.07) is 18.3. The number of fused-ring (bicyclic) bond motifs is 1.